The number of β-amino-alcohol motifs (C(OH)–C–C–N with tert-alkyl or cyclic N) is 1. The Labute approximate surface area is 140 Å². The molecule has 0 unspecified atom stereocenters. The molecule has 4 nitrogen and oxygen atoms in total. The average Bonchev–Trinajstić information content (AvgIpc) is 2.98. The molecular formula is C19H20FNO3. The molecule has 1 N–H and O–H groups in total. The van der Waals surface area contributed by atoms with Crippen molar-refractivity contribution >= 4 is 5.91 Å². The van der Waals surface area contributed by atoms with Gasteiger partial charge in [0.1, 0.15) is 11.6 Å². The summed E-state index contributed by atoms with van der Waals surface area (Å²) in [4.78, 5) is 14.2. The molecule has 1 aliphatic heterocycles. The van der Waals surface area contributed by atoms with Gasteiger partial charge in [0.15, 0.2) is 0 Å². The molecule has 0 saturated carbocycles. The molecule has 1 fully saturated rings. The minimum atomic E-state index is -0.556. The van der Waals surface area contributed by atoms with E-state index >= 15 is 0 Å². The molecule has 2 atom stereocenters. The van der Waals surface area contributed by atoms with Gasteiger partial charge in [0.25, 0.3) is 0 Å². The van der Waals surface area contributed by atoms with Crippen molar-refractivity contribution in [3.05, 3.63) is 66.0 Å². The maximum atomic E-state index is 13.1. The number of rotatable bonds is 5. The number of hydrogen-bond donors (Lipinski definition) is 1. The van der Waals surface area contributed by atoms with E-state index in [1.54, 1.807) is 17.0 Å². The van der Waals surface area contributed by atoms with Gasteiger partial charge in [-0.1, -0.05) is 30.3 Å². The van der Waals surface area contributed by atoms with Crippen LogP contribution in [0.4, 0.5) is 4.39 Å². The Balaban J connectivity index is 1.60. The number of likely N-dealkylation sites (tertiary alicyclic amines) is 1. The first kappa shape index (κ1) is 16.5. The van der Waals surface area contributed by atoms with Crippen molar-refractivity contribution in [1.82, 2.24) is 4.90 Å². The Kier molecular flexibility index (Phi) is 5.11. The first-order valence-corrected chi connectivity index (χ1v) is 8.04. The van der Waals surface area contributed by atoms with Crippen LogP contribution in [0, 0.1) is 5.82 Å². The highest BCUT2D eigenvalue weighted by molar-refractivity contribution is 5.77. The summed E-state index contributed by atoms with van der Waals surface area (Å²) in [7, 11) is 0. The highest BCUT2D eigenvalue weighted by atomic mass is 19.1. The fourth-order valence-electron chi connectivity index (χ4n) is 3.01. The maximum absolute atomic E-state index is 13.1. The van der Waals surface area contributed by atoms with Crippen LogP contribution in [0.25, 0.3) is 0 Å². The lowest BCUT2D eigenvalue weighted by atomic mass is 10.0. The molecule has 126 valence electrons. The molecule has 1 aliphatic rings. The van der Waals surface area contributed by atoms with E-state index in [9.17, 15) is 14.3 Å². The Hall–Kier alpha value is -2.40. The number of carbonyl (C=O) groups excluding carboxylic acids is 1. The lowest BCUT2D eigenvalue weighted by Gasteiger charge is -2.25. The summed E-state index contributed by atoms with van der Waals surface area (Å²) in [5.74, 6) is 0.338. The van der Waals surface area contributed by atoms with Crippen molar-refractivity contribution in [2.45, 2.75) is 25.0 Å². The molecular weight excluding hydrogens is 309 g/mol. The standard InChI is InChI=1S/C19H20FNO3/c20-15-8-6-14(7-9-15)18-12-16(22)13-21(18)19(23)10-11-24-17-4-2-1-3-5-17/h1-9,16,18,22H,10-13H2/t16-,18+/m1/s1. The molecule has 2 aromatic carbocycles. The second kappa shape index (κ2) is 7.45. The Bertz CT molecular complexity index is 675. The Morgan fingerprint density at radius 2 is 1.88 bits per heavy atom. The van der Waals surface area contributed by atoms with E-state index in [0.29, 0.717) is 13.0 Å². The number of halogens is 1. The third-order valence-corrected chi connectivity index (χ3v) is 4.18. The van der Waals surface area contributed by atoms with E-state index in [1.807, 2.05) is 30.3 Å². The van der Waals surface area contributed by atoms with Gasteiger partial charge in [-0.15, -0.1) is 0 Å². The zero-order chi connectivity index (χ0) is 16.9. The smallest absolute Gasteiger partial charge is 0.226 e. The number of aliphatic hydroxyl groups excluding tert-OH is 1. The van der Waals surface area contributed by atoms with E-state index in [1.165, 1.54) is 12.1 Å². The van der Waals surface area contributed by atoms with Crippen molar-refractivity contribution in [1.29, 1.82) is 0 Å². The quantitative estimate of drug-likeness (QED) is 0.917. The molecule has 0 aliphatic carbocycles. The fourth-order valence-corrected chi connectivity index (χ4v) is 3.01. The van der Waals surface area contributed by atoms with Crippen LogP contribution in [0.15, 0.2) is 54.6 Å². The third kappa shape index (κ3) is 3.92. The number of aliphatic hydroxyl groups is 1. The van der Waals surface area contributed by atoms with Gasteiger partial charge in [0.05, 0.1) is 25.2 Å². The number of carbonyl (C=O) groups is 1. The van der Waals surface area contributed by atoms with E-state index in [2.05, 4.69) is 0 Å². The average molecular weight is 329 g/mol. The van der Waals surface area contributed by atoms with Crippen LogP contribution >= 0.6 is 0 Å². The number of amides is 1. The fraction of sp³-hybridized carbons (Fsp3) is 0.316. The summed E-state index contributed by atoms with van der Waals surface area (Å²) in [5, 5.41) is 9.94. The first-order chi connectivity index (χ1) is 11.6. The number of benzene rings is 2. The van der Waals surface area contributed by atoms with Gasteiger partial charge in [-0.25, -0.2) is 4.39 Å². The van der Waals surface area contributed by atoms with Gasteiger partial charge < -0.3 is 14.7 Å². The van der Waals surface area contributed by atoms with Crippen LogP contribution in [0.1, 0.15) is 24.4 Å². The van der Waals surface area contributed by atoms with E-state index < -0.39 is 6.10 Å². The van der Waals surface area contributed by atoms with Gasteiger partial charge >= 0.3 is 0 Å². The lowest BCUT2D eigenvalue weighted by molar-refractivity contribution is -0.133. The second-order valence-corrected chi connectivity index (χ2v) is 5.91. The predicted octanol–water partition coefficient (Wildman–Crippen LogP) is 2.93. The summed E-state index contributed by atoms with van der Waals surface area (Å²) >= 11 is 0. The summed E-state index contributed by atoms with van der Waals surface area (Å²) in [6.45, 7) is 0.581. The largest absolute Gasteiger partial charge is 0.493 e. The SMILES string of the molecule is O=C(CCOc1ccccc1)N1C[C@H](O)C[C@H]1c1ccc(F)cc1. The van der Waals surface area contributed by atoms with Gasteiger partial charge in [0.2, 0.25) is 5.91 Å². The summed E-state index contributed by atoms with van der Waals surface area (Å²) in [6.07, 6.45) is 0.148. The summed E-state index contributed by atoms with van der Waals surface area (Å²) in [5.41, 5.74) is 0.838. The number of nitrogens with zero attached hydrogens (tertiary/aromatic N) is 1. The van der Waals surface area contributed by atoms with Gasteiger partial charge in [-0.3, -0.25) is 4.79 Å². The number of para-hydroxylation sites is 1. The molecule has 5 heteroatoms. The van der Waals surface area contributed by atoms with E-state index in [4.69, 9.17) is 4.74 Å². The van der Waals surface area contributed by atoms with E-state index in [-0.39, 0.29) is 30.8 Å². The van der Waals surface area contributed by atoms with Crippen LogP contribution in [0.3, 0.4) is 0 Å². The molecule has 2 aromatic rings. The molecule has 3 rings (SSSR count). The van der Waals surface area contributed by atoms with Crippen molar-refractivity contribution in [3.63, 3.8) is 0 Å². The minimum Gasteiger partial charge on any atom is -0.493 e. The molecule has 1 amide bonds. The summed E-state index contributed by atoms with van der Waals surface area (Å²) in [6, 6.07) is 15.2. The molecule has 0 aromatic heterocycles. The highest BCUT2D eigenvalue weighted by Crippen LogP contribution is 2.32. The zero-order valence-corrected chi connectivity index (χ0v) is 13.3. The first-order valence-electron chi connectivity index (χ1n) is 8.04. The number of hydrogen-bond acceptors (Lipinski definition) is 3. The van der Waals surface area contributed by atoms with Crippen LogP contribution in [0.2, 0.25) is 0 Å². The second-order valence-electron chi connectivity index (χ2n) is 5.91. The number of ether oxygens (including phenoxy) is 1. The molecule has 0 bridgehead atoms. The topological polar surface area (TPSA) is 49.8 Å². The lowest BCUT2D eigenvalue weighted by Crippen LogP contribution is -2.32. The van der Waals surface area contributed by atoms with Crippen LogP contribution in [-0.4, -0.2) is 35.2 Å². The zero-order valence-electron chi connectivity index (χ0n) is 13.3. The van der Waals surface area contributed by atoms with Crippen LogP contribution in [0.5, 0.6) is 5.75 Å². The third-order valence-electron chi connectivity index (χ3n) is 4.18. The predicted molar refractivity (Wildman–Crippen MR) is 88.0 cm³/mol. The Morgan fingerprint density at radius 3 is 2.58 bits per heavy atom. The minimum absolute atomic E-state index is 0.0724. The van der Waals surface area contributed by atoms with Crippen molar-refractivity contribution < 1.29 is 19.0 Å². The van der Waals surface area contributed by atoms with Gasteiger partial charge in [-0.2, -0.15) is 0 Å². The monoisotopic (exact) mass is 329 g/mol. The Morgan fingerprint density at radius 1 is 1.17 bits per heavy atom. The van der Waals surface area contributed by atoms with Crippen molar-refractivity contribution in [2.75, 3.05) is 13.2 Å². The van der Waals surface area contributed by atoms with Crippen molar-refractivity contribution in [2.24, 2.45) is 0 Å². The van der Waals surface area contributed by atoms with E-state index in [0.717, 1.165) is 11.3 Å². The van der Waals surface area contributed by atoms with Crippen LogP contribution in [-0.2, 0) is 4.79 Å². The molecule has 0 radical (unpaired) electrons. The molecule has 0 spiro atoms. The normalized spacial score (nSPS) is 20.2. The van der Waals surface area contributed by atoms with Crippen LogP contribution < -0.4 is 4.74 Å². The molecule has 1 saturated heterocycles. The van der Waals surface area contributed by atoms with Gasteiger partial charge in [0, 0.05) is 6.54 Å². The van der Waals surface area contributed by atoms with Gasteiger partial charge in [-0.05, 0) is 36.2 Å². The molecule has 24 heavy (non-hydrogen) atoms. The maximum Gasteiger partial charge on any atom is 0.226 e. The highest BCUT2D eigenvalue weighted by Gasteiger charge is 2.34. The molecule has 1 heterocycles. The van der Waals surface area contributed by atoms with Crippen molar-refractivity contribution in [3.8, 4) is 5.75 Å². The summed E-state index contributed by atoms with van der Waals surface area (Å²) < 4.78 is 18.6.